The zero-order chi connectivity index (χ0) is 12.4. The summed E-state index contributed by atoms with van der Waals surface area (Å²) in [6.07, 6.45) is 2.57. The quantitative estimate of drug-likeness (QED) is 0.800. The minimum Gasteiger partial charge on any atom is -0.496 e. The van der Waals surface area contributed by atoms with Gasteiger partial charge in [0.2, 0.25) is 0 Å². The third-order valence-corrected chi connectivity index (χ3v) is 2.64. The number of hydrogen-bond donors (Lipinski definition) is 0. The van der Waals surface area contributed by atoms with Crippen molar-refractivity contribution in [1.29, 1.82) is 0 Å². The number of carbonyl (C=O) groups is 1. The van der Waals surface area contributed by atoms with Crippen LogP contribution in [0.1, 0.15) is 23.2 Å². The second-order valence-corrected chi connectivity index (χ2v) is 4.38. The minimum absolute atomic E-state index is 0.0696. The van der Waals surface area contributed by atoms with Gasteiger partial charge in [-0.25, -0.2) is 0 Å². The third kappa shape index (κ3) is 2.70. The van der Waals surface area contributed by atoms with Gasteiger partial charge in [-0.3, -0.25) is 4.79 Å². The van der Waals surface area contributed by atoms with Gasteiger partial charge in [-0.1, -0.05) is 0 Å². The summed E-state index contributed by atoms with van der Waals surface area (Å²) >= 11 is 0. The average molecular weight is 235 g/mol. The van der Waals surface area contributed by atoms with Crippen LogP contribution in [0.4, 0.5) is 0 Å². The molecule has 0 heterocycles. The highest BCUT2D eigenvalue weighted by molar-refractivity contribution is 5.96. The van der Waals surface area contributed by atoms with Crippen molar-refractivity contribution >= 4 is 5.91 Å². The van der Waals surface area contributed by atoms with Crippen LogP contribution in [0.2, 0.25) is 0 Å². The van der Waals surface area contributed by atoms with Crippen molar-refractivity contribution in [2.75, 3.05) is 21.2 Å². The monoisotopic (exact) mass is 235 g/mol. The van der Waals surface area contributed by atoms with E-state index in [0.29, 0.717) is 17.4 Å². The summed E-state index contributed by atoms with van der Waals surface area (Å²) in [6, 6.07) is 5.34. The highest BCUT2D eigenvalue weighted by atomic mass is 16.5. The van der Waals surface area contributed by atoms with Crippen molar-refractivity contribution in [2.24, 2.45) is 0 Å². The number of nitrogens with zero attached hydrogens (tertiary/aromatic N) is 1. The largest absolute Gasteiger partial charge is 0.496 e. The number of benzene rings is 1. The van der Waals surface area contributed by atoms with Crippen molar-refractivity contribution in [1.82, 2.24) is 4.90 Å². The van der Waals surface area contributed by atoms with E-state index < -0.39 is 0 Å². The van der Waals surface area contributed by atoms with Gasteiger partial charge in [-0.15, -0.1) is 0 Å². The van der Waals surface area contributed by atoms with E-state index >= 15 is 0 Å². The molecular formula is C13H17NO3. The maximum Gasteiger partial charge on any atom is 0.257 e. The van der Waals surface area contributed by atoms with Crippen LogP contribution in [0, 0.1) is 0 Å². The Hall–Kier alpha value is -1.71. The van der Waals surface area contributed by atoms with Crippen LogP contribution in [-0.2, 0) is 0 Å². The molecule has 17 heavy (non-hydrogen) atoms. The van der Waals surface area contributed by atoms with Crippen LogP contribution < -0.4 is 9.47 Å². The summed E-state index contributed by atoms with van der Waals surface area (Å²) in [4.78, 5) is 13.4. The van der Waals surface area contributed by atoms with E-state index in [4.69, 9.17) is 9.47 Å². The highest BCUT2D eigenvalue weighted by Gasteiger charge is 2.24. The first-order valence-corrected chi connectivity index (χ1v) is 5.68. The SMILES string of the molecule is COc1cc(OC2CC2)ccc1C(=O)N(C)C. The molecular weight excluding hydrogens is 218 g/mol. The van der Waals surface area contributed by atoms with Gasteiger partial charge >= 0.3 is 0 Å². The van der Waals surface area contributed by atoms with Crippen LogP contribution >= 0.6 is 0 Å². The van der Waals surface area contributed by atoms with Gasteiger partial charge in [-0.2, -0.15) is 0 Å². The van der Waals surface area contributed by atoms with Crippen molar-refractivity contribution in [3.8, 4) is 11.5 Å². The fourth-order valence-electron chi connectivity index (χ4n) is 1.54. The second kappa shape index (κ2) is 4.65. The van der Waals surface area contributed by atoms with Gasteiger partial charge in [-0.05, 0) is 25.0 Å². The van der Waals surface area contributed by atoms with Crippen LogP contribution in [0.25, 0.3) is 0 Å². The molecule has 1 saturated carbocycles. The Morgan fingerprint density at radius 1 is 1.35 bits per heavy atom. The van der Waals surface area contributed by atoms with Gasteiger partial charge in [0.15, 0.2) is 0 Å². The average Bonchev–Trinajstić information content (AvgIpc) is 3.11. The van der Waals surface area contributed by atoms with Gasteiger partial charge in [0, 0.05) is 20.2 Å². The first kappa shape index (κ1) is 11.8. The molecule has 0 aliphatic heterocycles. The summed E-state index contributed by atoms with van der Waals surface area (Å²) in [5.74, 6) is 1.25. The Morgan fingerprint density at radius 3 is 2.59 bits per heavy atom. The normalized spacial score (nSPS) is 14.3. The molecule has 0 saturated heterocycles. The van der Waals surface area contributed by atoms with Crippen molar-refractivity contribution in [2.45, 2.75) is 18.9 Å². The summed E-state index contributed by atoms with van der Waals surface area (Å²) in [5, 5.41) is 0. The molecule has 1 aromatic carbocycles. The fraction of sp³-hybridized carbons (Fsp3) is 0.462. The van der Waals surface area contributed by atoms with Crippen molar-refractivity contribution in [3.05, 3.63) is 23.8 Å². The maximum atomic E-state index is 11.9. The molecule has 1 fully saturated rings. The molecule has 0 N–H and O–H groups in total. The molecule has 1 amide bonds. The van der Waals surface area contributed by atoms with E-state index in [1.807, 2.05) is 6.07 Å². The van der Waals surface area contributed by atoms with E-state index in [1.54, 1.807) is 33.3 Å². The molecule has 1 aromatic rings. The lowest BCUT2D eigenvalue weighted by atomic mass is 10.1. The molecule has 4 nitrogen and oxygen atoms in total. The maximum absolute atomic E-state index is 11.9. The molecule has 1 aliphatic carbocycles. The van der Waals surface area contributed by atoms with E-state index in [-0.39, 0.29) is 5.91 Å². The molecule has 4 heteroatoms. The number of amides is 1. The van der Waals surface area contributed by atoms with Gasteiger partial charge in [0.1, 0.15) is 11.5 Å². The Labute approximate surface area is 101 Å². The Kier molecular flexibility index (Phi) is 3.22. The standard InChI is InChI=1S/C13H17NO3/c1-14(2)13(15)11-7-6-10(8-12(11)16-3)17-9-4-5-9/h6-9H,4-5H2,1-3H3. The van der Waals surface area contributed by atoms with E-state index in [1.165, 1.54) is 4.90 Å². The lowest BCUT2D eigenvalue weighted by molar-refractivity contribution is 0.0824. The van der Waals surface area contributed by atoms with Crippen molar-refractivity contribution in [3.63, 3.8) is 0 Å². The summed E-state index contributed by atoms with van der Waals surface area (Å²) in [6.45, 7) is 0. The Bertz CT molecular complexity index is 425. The lowest BCUT2D eigenvalue weighted by Gasteiger charge is -2.14. The number of ether oxygens (including phenoxy) is 2. The lowest BCUT2D eigenvalue weighted by Crippen LogP contribution is -2.22. The molecule has 0 aromatic heterocycles. The Balaban J connectivity index is 2.23. The summed E-state index contributed by atoms with van der Waals surface area (Å²) < 4.78 is 10.9. The number of rotatable bonds is 4. The molecule has 0 atom stereocenters. The number of carbonyl (C=O) groups excluding carboxylic acids is 1. The minimum atomic E-state index is -0.0696. The van der Waals surface area contributed by atoms with E-state index in [2.05, 4.69) is 0 Å². The first-order chi connectivity index (χ1) is 8.11. The van der Waals surface area contributed by atoms with Crippen molar-refractivity contribution < 1.29 is 14.3 Å². The molecule has 0 unspecified atom stereocenters. The molecule has 2 rings (SSSR count). The molecule has 0 radical (unpaired) electrons. The van der Waals surface area contributed by atoms with E-state index in [9.17, 15) is 4.79 Å². The molecule has 92 valence electrons. The summed E-state index contributed by atoms with van der Waals surface area (Å²) in [7, 11) is 5.00. The second-order valence-electron chi connectivity index (χ2n) is 4.38. The predicted octanol–water partition coefficient (Wildman–Crippen LogP) is 1.94. The first-order valence-electron chi connectivity index (χ1n) is 5.68. The summed E-state index contributed by atoms with van der Waals surface area (Å²) in [5.41, 5.74) is 0.556. The zero-order valence-corrected chi connectivity index (χ0v) is 10.4. The van der Waals surface area contributed by atoms with Gasteiger partial charge in [0.25, 0.3) is 5.91 Å². The Morgan fingerprint density at radius 2 is 2.06 bits per heavy atom. The smallest absolute Gasteiger partial charge is 0.257 e. The van der Waals surface area contributed by atoms with Crippen LogP contribution in [-0.4, -0.2) is 38.1 Å². The predicted molar refractivity (Wildman–Crippen MR) is 64.7 cm³/mol. The molecule has 0 spiro atoms. The third-order valence-electron chi connectivity index (χ3n) is 2.64. The van der Waals surface area contributed by atoms with E-state index in [0.717, 1.165) is 18.6 Å². The van der Waals surface area contributed by atoms with Crippen LogP contribution in [0.15, 0.2) is 18.2 Å². The number of hydrogen-bond acceptors (Lipinski definition) is 3. The molecule has 1 aliphatic rings. The van der Waals surface area contributed by atoms with Crippen LogP contribution in [0.3, 0.4) is 0 Å². The van der Waals surface area contributed by atoms with Gasteiger partial charge in [0.05, 0.1) is 18.8 Å². The number of methoxy groups -OCH3 is 1. The van der Waals surface area contributed by atoms with Crippen LogP contribution in [0.5, 0.6) is 11.5 Å². The molecule has 0 bridgehead atoms. The topological polar surface area (TPSA) is 38.8 Å². The van der Waals surface area contributed by atoms with Gasteiger partial charge < -0.3 is 14.4 Å². The highest BCUT2D eigenvalue weighted by Crippen LogP contribution is 2.31. The fourth-order valence-corrected chi connectivity index (χ4v) is 1.54. The zero-order valence-electron chi connectivity index (χ0n) is 10.4.